The number of aryl methyl sites for hydroxylation is 2. The summed E-state index contributed by atoms with van der Waals surface area (Å²) in [7, 11) is 1.88. The lowest BCUT2D eigenvalue weighted by Crippen LogP contribution is -2.07. The first-order chi connectivity index (χ1) is 15.2. The molecule has 0 aliphatic carbocycles. The van der Waals surface area contributed by atoms with Gasteiger partial charge in [0.15, 0.2) is 0 Å². The van der Waals surface area contributed by atoms with Crippen LogP contribution in [0.4, 0.5) is 0 Å². The maximum atomic E-state index is 9.17. The number of tetrazole rings is 1. The summed E-state index contributed by atoms with van der Waals surface area (Å²) in [5.41, 5.74) is 6.36. The maximum Gasteiger partial charge on any atom is 0.215 e. The predicted molar refractivity (Wildman–Crippen MR) is 118 cm³/mol. The molecular weight excluding hydrogens is 392 g/mol. The van der Waals surface area contributed by atoms with Gasteiger partial charge in [-0.1, -0.05) is 61.9 Å². The molecule has 0 aliphatic heterocycles. The first kappa shape index (κ1) is 20.7. The molecule has 2 heterocycles. The number of hydrogen-bond acceptors (Lipinski definition) is 6. The molecule has 2 aromatic heterocycles. The van der Waals surface area contributed by atoms with Gasteiger partial charge in [0.05, 0.1) is 12.3 Å². The molecule has 2 N–H and O–H groups in total. The Morgan fingerprint density at radius 3 is 2.52 bits per heavy atom. The van der Waals surface area contributed by atoms with Crippen molar-refractivity contribution >= 4 is 0 Å². The highest BCUT2D eigenvalue weighted by Crippen LogP contribution is 2.31. The van der Waals surface area contributed by atoms with Gasteiger partial charge in [-0.15, -0.1) is 10.2 Å². The van der Waals surface area contributed by atoms with Gasteiger partial charge in [0.1, 0.15) is 6.61 Å². The van der Waals surface area contributed by atoms with Crippen molar-refractivity contribution in [2.45, 2.75) is 26.2 Å². The molecule has 0 spiro atoms. The van der Waals surface area contributed by atoms with Gasteiger partial charge in [0, 0.05) is 24.6 Å². The average Bonchev–Trinajstić information content (AvgIpc) is 3.42. The molecule has 31 heavy (non-hydrogen) atoms. The molecule has 160 valence electrons. The summed E-state index contributed by atoms with van der Waals surface area (Å²) < 4.78 is 7.56. The van der Waals surface area contributed by atoms with Crippen molar-refractivity contribution in [3.63, 3.8) is 0 Å². The van der Waals surface area contributed by atoms with Crippen molar-refractivity contribution in [3.8, 4) is 28.4 Å². The van der Waals surface area contributed by atoms with Crippen molar-refractivity contribution in [2.24, 2.45) is 7.05 Å². The molecular formula is C23H26N6O2. The molecule has 0 unspecified atom stereocenters. The number of nitrogens with zero attached hydrogens (tertiary/aromatic N) is 5. The van der Waals surface area contributed by atoms with E-state index in [-0.39, 0.29) is 13.2 Å². The number of ether oxygens (including phenoxy) is 1. The molecule has 0 saturated carbocycles. The van der Waals surface area contributed by atoms with Gasteiger partial charge in [-0.3, -0.25) is 0 Å². The Bertz CT molecular complexity index is 1120. The molecule has 0 atom stereocenters. The first-order valence-corrected chi connectivity index (χ1v) is 10.4. The van der Waals surface area contributed by atoms with Crippen molar-refractivity contribution < 1.29 is 9.84 Å². The number of nitrogens with one attached hydrogen (secondary N) is 1. The maximum absolute atomic E-state index is 9.17. The number of aliphatic hydroxyl groups excluding tert-OH is 1. The third-order valence-electron chi connectivity index (χ3n) is 5.15. The summed E-state index contributed by atoms with van der Waals surface area (Å²) in [6, 6.07) is 16.5. The lowest BCUT2D eigenvalue weighted by Gasteiger charge is -2.10. The van der Waals surface area contributed by atoms with Crippen LogP contribution in [0.3, 0.4) is 0 Å². The summed E-state index contributed by atoms with van der Waals surface area (Å²) in [6.07, 6.45) is 2.62. The monoisotopic (exact) mass is 418 g/mol. The number of rotatable bonds is 9. The van der Waals surface area contributed by atoms with Crippen molar-refractivity contribution in [1.82, 2.24) is 30.4 Å². The second-order valence-electron chi connectivity index (χ2n) is 7.33. The SMILES string of the molecule is CCCc1nn(C)c(OCCO)c1Cc1ccc(-c2ccccc2-c2nn[nH]n2)cc1. The van der Waals surface area contributed by atoms with E-state index in [1.165, 1.54) is 5.56 Å². The Morgan fingerprint density at radius 2 is 1.84 bits per heavy atom. The number of H-pyrrole nitrogens is 1. The van der Waals surface area contributed by atoms with E-state index in [0.717, 1.165) is 53.1 Å². The number of hydrogen-bond donors (Lipinski definition) is 2. The lowest BCUT2D eigenvalue weighted by atomic mass is 9.96. The van der Waals surface area contributed by atoms with Crippen LogP contribution in [-0.2, 0) is 19.9 Å². The first-order valence-electron chi connectivity index (χ1n) is 10.4. The van der Waals surface area contributed by atoms with Crippen LogP contribution in [0.5, 0.6) is 5.88 Å². The van der Waals surface area contributed by atoms with Crippen LogP contribution >= 0.6 is 0 Å². The minimum absolute atomic E-state index is 0.0256. The summed E-state index contributed by atoms with van der Waals surface area (Å²) in [4.78, 5) is 0. The molecule has 4 aromatic rings. The van der Waals surface area contributed by atoms with E-state index in [9.17, 15) is 0 Å². The van der Waals surface area contributed by atoms with Crippen LogP contribution in [0.2, 0.25) is 0 Å². The van der Waals surface area contributed by atoms with Gasteiger partial charge in [0.2, 0.25) is 11.7 Å². The zero-order chi connectivity index (χ0) is 21.6. The number of aliphatic hydroxyl groups is 1. The third kappa shape index (κ3) is 4.49. The fourth-order valence-corrected chi connectivity index (χ4v) is 3.76. The molecule has 8 heteroatoms. The fourth-order valence-electron chi connectivity index (χ4n) is 3.76. The summed E-state index contributed by atoms with van der Waals surface area (Å²) >= 11 is 0. The second kappa shape index (κ2) is 9.53. The van der Waals surface area contributed by atoms with Gasteiger partial charge in [-0.05, 0) is 28.3 Å². The fraction of sp³-hybridized carbons (Fsp3) is 0.304. The number of aromatic amines is 1. The zero-order valence-corrected chi connectivity index (χ0v) is 17.7. The zero-order valence-electron chi connectivity index (χ0n) is 17.7. The van der Waals surface area contributed by atoms with Gasteiger partial charge < -0.3 is 9.84 Å². The average molecular weight is 419 g/mol. The second-order valence-corrected chi connectivity index (χ2v) is 7.33. The van der Waals surface area contributed by atoms with Crippen molar-refractivity contribution in [3.05, 3.63) is 65.4 Å². The van der Waals surface area contributed by atoms with E-state index >= 15 is 0 Å². The van der Waals surface area contributed by atoms with E-state index in [0.29, 0.717) is 5.82 Å². The van der Waals surface area contributed by atoms with E-state index in [2.05, 4.69) is 63.0 Å². The molecule has 0 aliphatic rings. The van der Waals surface area contributed by atoms with Gasteiger partial charge in [-0.2, -0.15) is 10.3 Å². The number of aromatic nitrogens is 6. The van der Waals surface area contributed by atoms with Crippen LogP contribution in [0.1, 0.15) is 30.2 Å². The van der Waals surface area contributed by atoms with E-state index in [1.54, 1.807) is 4.68 Å². The van der Waals surface area contributed by atoms with Crippen LogP contribution in [-0.4, -0.2) is 48.7 Å². The normalized spacial score (nSPS) is 11.1. The van der Waals surface area contributed by atoms with Crippen LogP contribution in [0.15, 0.2) is 48.5 Å². The van der Waals surface area contributed by atoms with E-state index in [4.69, 9.17) is 9.84 Å². The highest BCUT2D eigenvalue weighted by Gasteiger charge is 2.18. The quantitative estimate of drug-likeness (QED) is 0.433. The highest BCUT2D eigenvalue weighted by atomic mass is 16.5. The molecule has 0 fully saturated rings. The van der Waals surface area contributed by atoms with Gasteiger partial charge in [-0.25, -0.2) is 4.68 Å². The van der Waals surface area contributed by atoms with Crippen LogP contribution in [0.25, 0.3) is 22.5 Å². The Hall–Kier alpha value is -3.52. The predicted octanol–water partition coefficient (Wildman–Crippen LogP) is 3.18. The summed E-state index contributed by atoms with van der Waals surface area (Å²) in [5, 5.41) is 28.2. The topological polar surface area (TPSA) is 102 Å². The summed E-state index contributed by atoms with van der Waals surface area (Å²) in [6.45, 7) is 2.37. The van der Waals surface area contributed by atoms with E-state index in [1.807, 2.05) is 25.2 Å². The minimum Gasteiger partial charge on any atom is -0.475 e. The highest BCUT2D eigenvalue weighted by molar-refractivity contribution is 5.80. The smallest absolute Gasteiger partial charge is 0.215 e. The number of benzene rings is 2. The Balaban J connectivity index is 1.62. The van der Waals surface area contributed by atoms with Crippen molar-refractivity contribution in [1.29, 1.82) is 0 Å². The largest absolute Gasteiger partial charge is 0.475 e. The Kier molecular flexibility index (Phi) is 6.37. The third-order valence-corrected chi connectivity index (χ3v) is 5.15. The van der Waals surface area contributed by atoms with Crippen molar-refractivity contribution in [2.75, 3.05) is 13.2 Å². The standard InChI is InChI=1S/C23H26N6O2/c1-3-6-21-20(23(29(2)26-21)31-14-13-30)15-16-9-11-17(12-10-16)18-7-4-5-8-19(18)22-24-27-28-25-22/h4-5,7-12,30H,3,6,13-15H2,1-2H3,(H,24,25,27,28). The van der Waals surface area contributed by atoms with Crippen LogP contribution in [0, 0.1) is 0 Å². The lowest BCUT2D eigenvalue weighted by molar-refractivity contribution is 0.190. The Labute approximate surface area is 180 Å². The van der Waals surface area contributed by atoms with Gasteiger partial charge in [0.25, 0.3) is 0 Å². The van der Waals surface area contributed by atoms with Crippen LogP contribution < -0.4 is 4.74 Å². The molecule has 0 saturated heterocycles. The molecule has 4 rings (SSSR count). The summed E-state index contributed by atoms with van der Waals surface area (Å²) in [5.74, 6) is 1.30. The van der Waals surface area contributed by atoms with E-state index < -0.39 is 0 Å². The molecule has 8 nitrogen and oxygen atoms in total. The minimum atomic E-state index is -0.0256. The molecule has 0 radical (unpaired) electrons. The molecule has 2 aromatic carbocycles. The Morgan fingerprint density at radius 1 is 1.06 bits per heavy atom. The van der Waals surface area contributed by atoms with Gasteiger partial charge >= 0.3 is 0 Å². The molecule has 0 amide bonds. The molecule has 0 bridgehead atoms.